The van der Waals surface area contributed by atoms with Gasteiger partial charge >= 0.3 is 5.69 Å². The molecule has 2 rings (SSSR count). The van der Waals surface area contributed by atoms with Crippen LogP contribution in [0.1, 0.15) is 6.23 Å². The highest BCUT2D eigenvalue weighted by molar-refractivity contribution is 4.96. The van der Waals surface area contributed by atoms with Crippen molar-refractivity contribution in [3.63, 3.8) is 0 Å². The van der Waals surface area contributed by atoms with Crippen LogP contribution in [0.25, 0.3) is 10.4 Å². The first-order chi connectivity index (χ1) is 9.08. The van der Waals surface area contributed by atoms with Crippen LogP contribution in [0.3, 0.4) is 0 Å². The van der Waals surface area contributed by atoms with E-state index in [4.69, 9.17) is 15.4 Å². The molecule has 0 aliphatic carbocycles. The number of H-pyrrole nitrogens is 1. The highest BCUT2D eigenvalue weighted by Gasteiger charge is 2.44. The number of aromatic amines is 1. The summed E-state index contributed by atoms with van der Waals surface area (Å²) in [4.78, 5) is 27.1. The van der Waals surface area contributed by atoms with Crippen LogP contribution in [0.15, 0.2) is 27.0 Å². The summed E-state index contributed by atoms with van der Waals surface area (Å²) in [6.45, 7) is -0.477. The second kappa shape index (κ2) is 5.24. The van der Waals surface area contributed by atoms with Gasteiger partial charge in [-0.1, -0.05) is 5.11 Å². The Morgan fingerprint density at radius 2 is 2.32 bits per heavy atom. The van der Waals surface area contributed by atoms with Crippen LogP contribution in [-0.4, -0.2) is 44.6 Å². The summed E-state index contributed by atoms with van der Waals surface area (Å²) in [5.74, 6) is 0. The largest absolute Gasteiger partial charge is 0.394 e. The van der Waals surface area contributed by atoms with Gasteiger partial charge in [0.25, 0.3) is 5.56 Å². The van der Waals surface area contributed by atoms with E-state index < -0.39 is 42.3 Å². The van der Waals surface area contributed by atoms with Crippen LogP contribution < -0.4 is 11.2 Å². The molecule has 1 aliphatic heterocycles. The molecule has 2 heterocycles. The average Bonchev–Trinajstić information content (AvgIpc) is 2.68. The molecule has 10 nitrogen and oxygen atoms in total. The number of nitrogens with one attached hydrogen (secondary N) is 1. The molecule has 1 aromatic rings. The van der Waals surface area contributed by atoms with Crippen LogP contribution in [0.5, 0.6) is 0 Å². The molecule has 0 aromatic carbocycles. The number of aromatic nitrogens is 2. The Hall–Kier alpha value is -2.13. The number of ether oxygens (including phenoxy) is 1. The summed E-state index contributed by atoms with van der Waals surface area (Å²) in [7, 11) is 0. The van der Waals surface area contributed by atoms with Gasteiger partial charge in [0, 0.05) is 17.2 Å². The van der Waals surface area contributed by atoms with E-state index in [0.717, 1.165) is 16.8 Å². The van der Waals surface area contributed by atoms with E-state index in [1.165, 1.54) is 0 Å². The molecule has 10 heteroatoms. The molecule has 3 N–H and O–H groups in total. The van der Waals surface area contributed by atoms with Gasteiger partial charge in [-0.2, -0.15) is 0 Å². The Bertz CT molecular complexity index is 618. The molecule has 1 saturated heterocycles. The van der Waals surface area contributed by atoms with Crippen molar-refractivity contribution < 1.29 is 14.9 Å². The molecular weight excluding hydrogens is 258 g/mol. The van der Waals surface area contributed by atoms with Crippen LogP contribution in [0, 0.1) is 0 Å². The van der Waals surface area contributed by atoms with Gasteiger partial charge in [-0.3, -0.25) is 14.3 Å². The molecule has 4 atom stereocenters. The molecule has 0 radical (unpaired) electrons. The fourth-order valence-electron chi connectivity index (χ4n) is 1.94. The van der Waals surface area contributed by atoms with Gasteiger partial charge < -0.3 is 14.9 Å². The first-order valence-electron chi connectivity index (χ1n) is 5.38. The van der Waals surface area contributed by atoms with Crippen molar-refractivity contribution in [2.45, 2.75) is 24.5 Å². The molecule has 19 heavy (non-hydrogen) atoms. The maximum atomic E-state index is 11.6. The van der Waals surface area contributed by atoms with Crippen molar-refractivity contribution in [1.82, 2.24) is 9.55 Å². The van der Waals surface area contributed by atoms with Crippen LogP contribution >= 0.6 is 0 Å². The summed E-state index contributed by atoms with van der Waals surface area (Å²) in [6, 6.07) is 0.0746. The van der Waals surface area contributed by atoms with Crippen LogP contribution in [-0.2, 0) is 4.74 Å². The third-order valence-electron chi connectivity index (χ3n) is 2.83. The summed E-state index contributed by atoms with van der Waals surface area (Å²) in [5.41, 5.74) is 7.05. The number of hydrogen-bond donors (Lipinski definition) is 3. The normalized spacial score (nSPS) is 30.0. The maximum absolute atomic E-state index is 11.6. The molecule has 0 bridgehead atoms. The highest BCUT2D eigenvalue weighted by Crippen LogP contribution is 2.30. The van der Waals surface area contributed by atoms with Gasteiger partial charge in [0.1, 0.15) is 6.10 Å². The number of hydrogen-bond acceptors (Lipinski definition) is 6. The van der Waals surface area contributed by atoms with E-state index in [1.54, 1.807) is 0 Å². The standard InChI is InChI=1S/C9H11N5O5/c10-13-12-6-4(3-15)19-8(7(6)17)14-2-1-5(16)11-9(14)18/h1-2,4,6-8,15,17H,3H2,(H,11,16,18)/t4-,6-,7-,8-/m0/s1. The Morgan fingerprint density at radius 1 is 1.58 bits per heavy atom. The zero-order valence-electron chi connectivity index (χ0n) is 9.58. The average molecular weight is 269 g/mol. The van der Waals surface area contributed by atoms with Gasteiger partial charge in [-0.15, -0.1) is 0 Å². The van der Waals surface area contributed by atoms with E-state index in [9.17, 15) is 14.7 Å². The molecule has 0 spiro atoms. The maximum Gasteiger partial charge on any atom is 0.330 e. The minimum absolute atomic E-state index is 0.477. The first kappa shape index (κ1) is 13.3. The Kier molecular flexibility index (Phi) is 3.67. The van der Waals surface area contributed by atoms with Crippen molar-refractivity contribution >= 4 is 0 Å². The molecule has 1 aromatic heterocycles. The Morgan fingerprint density at radius 3 is 2.89 bits per heavy atom. The Balaban J connectivity index is 2.38. The third kappa shape index (κ3) is 2.37. The molecule has 0 saturated carbocycles. The van der Waals surface area contributed by atoms with Gasteiger partial charge in [0.15, 0.2) is 6.23 Å². The van der Waals surface area contributed by atoms with Crippen LogP contribution in [0.2, 0.25) is 0 Å². The molecular formula is C9H11N5O5. The van der Waals surface area contributed by atoms with Crippen molar-refractivity contribution in [2.75, 3.05) is 6.61 Å². The molecule has 1 aliphatic rings. The van der Waals surface area contributed by atoms with E-state index in [-0.39, 0.29) is 0 Å². The summed E-state index contributed by atoms with van der Waals surface area (Å²) in [6.07, 6.45) is -2.22. The summed E-state index contributed by atoms with van der Waals surface area (Å²) in [5, 5.41) is 22.4. The van der Waals surface area contributed by atoms with Crippen molar-refractivity contribution in [3.8, 4) is 0 Å². The van der Waals surface area contributed by atoms with E-state index >= 15 is 0 Å². The second-order valence-corrected chi connectivity index (χ2v) is 3.95. The first-order valence-corrected chi connectivity index (χ1v) is 5.38. The minimum atomic E-state index is -1.31. The number of azide groups is 1. The molecule has 102 valence electrons. The van der Waals surface area contributed by atoms with Gasteiger partial charge in [0.2, 0.25) is 0 Å². The number of aliphatic hydroxyl groups is 2. The predicted octanol–water partition coefficient (Wildman–Crippen LogP) is -1.53. The zero-order valence-corrected chi connectivity index (χ0v) is 9.58. The SMILES string of the molecule is [N-]=[N+]=N[C@@H]1[C@H](O)[C@@H](n2ccc(=O)[nH]c2=O)O[C@H]1CO. The molecule has 1 fully saturated rings. The zero-order chi connectivity index (χ0) is 14.0. The fourth-order valence-corrected chi connectivity index (χ4v) is 1.94. The lowest BCUT2D eigenvalue weighted by molar-refractivity contribution is -0.0532. The summed E-state index contributed by atoms with van der Waals surface area (Å²) < 4.78 is 6.23. The quantitative estimate of drug-likeness (QED) is 0.345. The molecule has 0 unspecified atom stereocenters. The molecule has 0 amide bonds. The van der Waals surface area contributed by atoms with Gasteiger partial charge in [-0.05, 0) is 5.53 Å². The van der Waals surface area contributed by atoms with E-state index in [1.807, 2.05) is 4.98 Å². The lowest BCUT2D eigenvalue weighted by Gasteiger charge is -2.16. The van der Waals surface area contributed by atoms with Gasteiger partial charge in [0.05, 0.1) is 18.8 Å². The smallest absolute Gasteiger partial charge is 0.330 e. The lowest BCUT2D eigenvalue weighted by Crippen LogP contribution is -2.37. The lowest BCUT2D eigenvalue weighted by atomic mass is 10.1. The number of nitrogens with zero attached hydrogens (tertiary/aromatic N) is 4. The van der Waals surface area contributed by atoms with Gasteiger partial charge in [-0.25, -0.2) is 4.79 Å². The number of rotatable bonds is 3. The second-order valence-electron chi connectivity index (χ2n) is 3.95. The summed E-state index contributed by atoms with van der Waals surface area (Å²) >= 11 is 0. The number of aliphatic hydroxyl groups excluding tert-OH is 2. The van der Waals surface area contributed by atoms with Crippen molar-refractivity contribution in [1.29, 1.82) is 0 Å². The topological polar surface area (TPSA) is 153 Å². The van der Waals surface area contributed by atoms with Crippen molar-refractivity contribution in [2.24, 2.45) is 5.11 Å². The van der Waals surface area contributed by atoms with E-state index in [0.29, 0.717) is 0 Å². The highest BCUT2D eigenvalue weighted by atomic mass is 16.5. The monoisotopic (exact) mass is 269 g/mol. The van der Waals surface area contributed by atoms with E-state index in [2.05, 4.69) is 10.0 Å². The van der Waals surface area contributed by atoms with Crippen LogP contribution in [0.4, 0.5) is 0 Å². The minimum Gasteiger partial charge on any atom is -0.394 e. The Labute approximate surface area is 105 Å². The van der Waals surface area contributed by atoms with Crippen molar-refractivity contribution in [3.05, 3.63) is 43.5 Å². The predicted molar refractivity (Wildman–Crippen MR) is 61.3 cm³/mol. The fraction of sp³-hybridized carbons (Fsp3) is 0.556. The third-order valence-corrected chi connectivity index (χ3v) is 2.83.